The summed E-state index contributed by atoms with van der Waals surface area (Å²) in [4.78, 5) is 11.7. The molecular formula is C23H22O4. The lowest BCUT2D eigenvalue weighted by atomic mass is 10.1. The van der Waals surface area contributed by atoms with Crippen LogP contribution in [0.2, 0.25) is 0 Å². The van der Waals surface area contributed by atoms with Crippen molar-refractivity contribution in [2.45, 2.75) is 13.0 Å². The third-order valence-electron chi connectivity index (χ3n) is 4.13. The van der Waals surface area contributed by atoms with E-state index in [1.54, 1.807) is 0 Å². The third-order valence-corrected chi connectivity index (χ3v) is 4.13. The molecule has 0 N–H and O–H groups in total. The second-order valence-corrected chi connectivity index (χ2v) is 5.89. The van der Waals surface area contributed by atoms with E-state index < -0.39 is 12.1 Å². The van der Waals surface area contributed by atoms with Crippen molar-refractivity contribution < 1.29 is 19.0 Å². The number of hydrogen-bond donors (Lipinski definition) is 0. The highest BCUT2D eigenvalue weighted by atomic mass is 16.6. The zero-order valence-corrected chi connectivity index (χ0v) is 15.3. The van der Waals surface area contributed by atoms with E-state index >= 15 is 0 Å². The predicted molar refractivity (Wildman–Crippen MR) is 106 cm³/mol. The Kier molecular flexibility index (Phi) is 6.10. The average molecular weight is 362 g/mol. The Bertz CT molecular complexity index is 918. The molecule has 138 valence electrons. The van der Waals surface area contributed by atoms with Crippen molar-refractivity contribution in [2.24, 2.45) is 0 Å². The molecule has 3 aromatic carbocycles. The Morgan fingerprint density at radius 3 is 2.11 bits per heavy atom. The van der Waals surface area contributed by atoms with Gasteiger partial charge in [-0.25, -0.2) is 4.79 Å². The molecular weight excluding hydrogens is 340 g/mol. The van der Waals surface area contributed by atoms with Crippen LogP contribution in [0.25, 0.3) is 10.8 Å². The minimum atomic E-state index is -0.526. The lowest BCUT2D eigenvalue weighted by Crippen LogP contribution is -2.17. The number of hydrogen-bond acceptors (Lipinski definition) is 4. The second-order valence-electron chi connectivity index (χ2n) is 5.89. The van der Waals surface area contributed by atoms with Gasteiger partial charge in [0, 0.05) is 16.8 Å². The summed E-state index contributed by atoms with van der Waals surface area (Å²) in [5.41, 5.74) is 0.864. The summed E-state index contributed by atoms with van der Waals surface area (Å²) in [6.07, 6.45) is 0.629. The molecule has 0 saturated carbocycles. The number of benzene rings is 3. The highest BCUT2D eigenvalue weighted by Gasteiger charge is 2.17. The van der Waals surface area contributed by atoms with E-state index in [9.17, 15) is 4.79 Å². The van der Waals surface area contributed by atoms with E-state index in [0.29, 0.717) is 12.4 Å². The molecule has 1 unspecified atom stereocenters. The Labute approximate surface area is 159 Å². The van der Waals surface area contributed by atoms with Gasteiger partial charge in [0.05, 0.1) is 6.61 Å². The predicted octanol–water partition coefficient (Wildman–Crippen LogP) is 5.09. The number of carbonyl (C=O) groups is 1. The van der Waals surface area contributed by atoms with Gasteiger partial charge in [-0.05, 0) is 24.6 Å². The molecule has 0 fully saturated rings. The molecule has 27 heavy (non-hydrogen) atoms. The van der Waals surface area contributed by atoms with Crippen LogP contribution in [0, 0.1) is 0 Å². The van der Waals surface area contributed by atoms with Gasteiger partial charge in [-0.2, -0.15) is 0 Å². The second kappa shape index (κ2) is 8.90. The molecule has 0 aliphatic carbocycles. The van der Waals surface area contributed by atoms with Gasteiger partial charge in [0.25, 0.3) is 0 Å². The summed E-state index contributed by atoms with van der Waals surface area (Å²) in [6, 6.07) is 21.2. The number of esters is 1. The summed E-state index contributed by atoms with van der Waals surface area (Å²) >= 11 is 0. The van der Waals surface area contributed by atoms with Crippen LogP contribution < -0.4 is 9.47 Å². The fourth-order valence-electron chi connectivity index (χ4n) is 2.87. The van der Waals surface area contributed by atoms with Crippen LogP contribution >= 0.6 is 0 Å². The minimum absolute atomic E-state index is 0.196. The first-order chi connectivity index (χ1) is 13.2. The van der Waals surface area contributed by atoms with Crippen LogP contribution in [-0.2, 0) is 9.53 Å². The van der Waals surface area contributed by atoms with Crippen molar-refractivity contribution >= 4 is 16.7 Å². The maximum atomic E-state index is 11.7. The minimum Gasteiger partial charge on any atom is -0.493 e. The molecule has 0 aromatic heterocycles. The van der Waals surface area contributed by atoms with E-state index in [1.165, 1.54) is 0 Å². The van der Waals surface area contributed by atoms with E-state index in [4.69, 9.17) is 14.2 Å². The van der Waals surface area contributed by atoms with Gasteiger partial charge in [0.15, 0.2) is 6.10 Å². The lowest BCUT2D eigenvalue weighted by molar-refractivity contribution is -0.144. The molecule has 4 nitrogen and oxygen atoms in total. The van der Waals surface area contributed by atoms with Crippen molar-refractivity contribution in [1.82, 2.24) is 0 Å². The molecule has 0 amide bonds. The van der Waals surface area contributed by atoms with E-state index in [2.05, 4.69) is 6.58 Å². The van der Waals surface area contributed by atoms with Gasteiger partial charge < -0.3 is 14.2 Å². The SMILES string of the molecule is C=CC(=O)OC(COc1ccc(OCC)c2ccccc12)c1ccccc1. The van der Waals surface area contributed by atoms with Gasteiger partial charge >= 0.3 is 5.97 Å². The van der Waals surface area contributed by atoms with Crippen LogP contribution in [0.1, 0.15) is 18.6 Å². The van der Waals surface area contributed by atoms with E-state index in [1.807, 2.05) is 73.7 Å². The highest BCUT2D eigenvalue weighted by Crippen LogP contribution is 2.34. The molecule has 3 aromatic rings. The van der Waals surface area contributed by atoms with Crippen molar-refractivity contribution in [1.29, 1.82) is 0 Å². The van der Waals surface area contributed by atoms with Crippen LogP contribution in [0.5, 0.6) is 11.5 Å². The van der Waals surface area contributed by atoms with Crippen molar-refractivity contribution in [2.75, 3.05) is 13.2 Å². The van der Waals surface area contributed by atoms with Crippen LogP contribution in [-0.4, -0.2) is 19.2 Å². The topological polar surface area (TPSA) is 44.8 Å². The highest BCUT2D eigenvalue weighted by molar-refractivity contribution is 5.93. The summed E-state index contributed by atoms with van der Waals surface area (Å²) in [6.45, 7) is 6.21. The number of ether oxygens (including phenoxy) is 3. The summed E-state index contributed by atoms with van der Waals surface area (Å²) in [7, 11) is 0. The fourth-order valence-corrected chi connectivity index (χ4v) is 2.87. The Morgan fingerprint density at radius 1 is 0.926 bits per heavy atom. The summed E-state index contributed by atoms with van der Waals surface area (Å²) in [5.74, 6) is 1.05. The zero-order chi connectivity index (χ0) is 19.1. The molecule has 4 heteroatoms. The lowest BCUT2D eigenvalue weighted by Gasteiger charge is -2.19. The first-order valence-electron chi connectivity index (χ1n) is 8.88. The smallest absolute Gasteiger partial charge is 0.330 e. The largest absolute Gasteiger partial charge is 0.493 e. The van der Waals surface area contributed by atoms with E-state index in [0.717, 1.165) is 28.2 Å². The Hall–Kier alpha value is -3.27. The van der Waals surface area contributed by atoms with Crippen molar-refractivity contribution in [3.8, 4) is 11.5 Å². The monoisotopic (exact) mass is 362 g/mol. The molecule has 0 bridgehead atoms. The molecule has 1 atom stereocenters. The van der Waals surface area contributed by atoms with Crippen molar-refractivity contribution in [3.05, 3.63) is 84.9 Å². The first-order valence-corrected chi connectivity index (χ1v) is 8.88. The first kappa shape index (κ1) is 18.5. The van der Waals surface area contributed by atoms with Crippen LogP contribution in [0.3, 0.4) is 0 Å². The molecule has 0 heterocycles. The normalized spacial score (nSPS) is 11.6. The van der Waals surface area contributed by atoms with Crippen LogP contribution in [0.15, 0.2) is 79.4 Å². The van der Waals surface area contributed by atoms with E-state index in [-0.39, 0.29) is 6.61 Å². The van der Waals surface area contributed by atoms with Crippen LogP contribution in [0.4, 0.5) is 0 Å². The Balaban J connectivity index is 1.86. The molecule has 0 radical (unpaired) electrons. The average Bonchev–Trinajstić information content (AvgIpc) is 2.72. The summed E-state index contributed by atoms with van der Waals surface area (Å²) in [5, 5.41) is 1.93. The third kappa shape index (κ3) is 4.47. The molecule has 0 saturated heterocycles. The molecule has 3 rings (SSSR count). The molecule has 0 aliphatic rings. The zero-order valence-electron chi connectivity index (χ0n) is 15.3. The van der Waals surface area contributed by atoms with Gasteiger partial charge in [0.2, 0.25) is 0 Å². The fraction of sp³-hybridized carbons (Fsp3) is 0.174. The van der Waals surface area contributed by atoms with Gasteiger partial charge in [-0.3, -0.25) is 0 Å². The van der Waals surface area contributed by atoms with Gasteiger partial charge in [-0.1, -0.05) is 61.2 Å². The van der Waals surface area contributed by atoms with Gasteiger partial charge in [0.1, 0.15) is 18.1 Å². The quantitative estimate of drug-likeness (QED) is 0.414. The Morgan fingerprint density at radius 2 is 1.52 bits per heavy atom. The maximum Gasteiger partial charge on any atom is 0.330 e. The summed E-state index contributed by atoms with van der Waals surface area (Å²) < 4.78 is 17.2. The molecule has 0 aliphatic heterocycles. The molecule has 0 spiro atoms. The number of fused-ring (bicyclic) bond motifs is 1. The standard InChI is InChI=1S/C23H22O4/c1-3-23(24)27-22(17-10-6-5-7-11-17)16-26-21-15-14-20(25-4-2)18-12-8-9-13-19(18)21/h3,5-15,22H,1,4,16H2,2H3. The van der Waals surface area contributed by atoms with Crippen molar-refractivity contribution in [3.63, 3.8) is 0 Å². The number of carbonyl (C=O) groups excluding carboxylic acids is 1. The maximum absolute atomic E-state index is 11.7. The van der Waals surface area contributed by atoms with Gasteiger partial charge in [-0.15, -0.1) is 0 Å². The number of rotatable bonds is 8.